The van der Waals surface area contributed by atoms with Crippen LogP contribution in [0.4, 0.5) is 0 Å². The summed E-state index contributed by atoms with van der Waals surface area (Å²) < 4.78 is 10.7. The number of hydrogen-bond acceptors (Lipinski definition) is 3. The minimum atomic E-state index is -0.173. The van der Waals surface area contributed by atoms with E-state index < -0.39 is 0 Å². The monoisotopic (exact) mass is 270 g/mol. The van der Waals surface area contributed by atoms with Crippen molar-refractivity contribution in [1.29, 1.82) is 0 Å². The van der Waals surface area contributed by atoms with Gasteiger partial charge >= 0.3 is 5.95 Å². The fraction of sp³-hybridized carbons (Fsp3) is 0.429. The second-order valence-electron chi connectivity index (χ2n) is 3.84. The van der Waals surface area contributed by atoms with Crippen molar-refractivity contribution >= 4 is 17.4 Å². The van der Waals surface area contributed by atoms with Crippen molar-refractivity contribution in [3.63, 3.8) is 0 Å². The summed E-state index contributed by atoms with van der Waals surface area (Å²) in [4.78, 5) is 0. The third-order valence-electron chi connectivity index (χ3n) is 2.19. The zero-order chi connectivity index (χ0) is 13.4. The molecule has 1 aromatic rings. The Bertz CT molecular complexity index is 385. The normalized spacial score (nSPS) is 11.9. The van der Waals surface area contributed by atoms with Crippen molar-refractivity contribution in [2.75, 3.05) is 13.2 Å². The summed E-state index contributed by atoms with van der Waals surface area (Å²) in [6.07, 6.45) is 1.68. The molecular weight excluding hydrogens is 252 g/mol. The average Bonchev–Trinajstić information content (AvgIpc) is 2.38. The second-order valence-corrected chi connectivity index (χ2v) is 4.27. The Morgan fingerprint density at radius 2 is 1.61 bits per heavy atom. The van der Waals surface area contributed by atoms with Crippen LogP contribution < -0.4 is 0 Å². The van der Waals surface area contributed by atoms with Gasteiger partial charge in [0.2, 0.25) is 5.76 Å². The van der Waals surface area contributed by atoms with Gasteiger partial charge in [0.25, 0.3) is 0 Å². The molecule has 0 saturated carbocycles. The van der Waals surface area contributed by atoms with Crippen LogP contribution in [0.3, 0.4) is 0 Å². The third-order valence-corrected chi connectivity index (χ3v) is 2.45. The molecule has 3 nitrogen and oxygen atoms in total. The molecule has 0 fully saturated rings. The minimum Gasteiger partial charge on any atom is -0.486 e. The summed E-state index contributed by atoms with van der Waals surface area (Å²) in [5, 5.41) is 10.5. The lowest BCUT2D eigenvalue weighted by Crippen LogP contribution is -2.02. The largest absolute Gasteiger partial charge is 0.486 e. The highest BCUT2D eigenvalue weighted by molar-refractivity contribution is 6.30. The Morgan fingerprint density at radius 3 is 2.17 bits per heavy atom. The lowest BCUT2D eigenvalue weighted by atomic mass is 10.2. The van der Waals surface area contributed by atoms with Gasteiger partial charge in [-0.2, -0.15) is 0 Å². The number of halogens is 1. The van der Waals surface area contributed by atoms with Gasteiger partial charge in [-0.05, 0) is 37.1 Å². The lowest BCUT2D eigenvalue weighted by molar-refractivity contribution is 0.0823. The van der Waals surface area contributed by atoms with E-state index >= 15 is 0 Å². The molecule has 18 heavy (non-hydrogen) atoms. The maximum atomic E-state index is 9.89. The van der Waals surface area contributed by atoms with Crippen molar-refractivity contribution in [1.82, 2.24) is 0 Å². The van der Waals surface area contributed by atoms with Crippen molar-refractivity contribution < 1.29 is 14.6 Å². The molecule has 1 N–H and O–H groups in total. The van der Waals surface area contributed by atoms with Gasteiger partial charge in [0.15, 0.2) is 0 Å². The summed E-state index contributed by atoms with van der Waals surface area (Å²) >= 11 is 5.83. The van der Waals surface area contributed by atoms with Gasteiger partial charge < -0.3 is 14.6 Å². The molecule has 1 rings (SSSR count). The first-order valence-electron chi connectivity index (χ1n) is 6.13. The molecule has 0 bridgehead atoms. The van der Waals surface area contributed by atoms with Gasteiger partial charge in [-0.15, -0.1) is 0 Å². The van der Waals surface area contributed by atoms with E-state index in [1.165, 1.54) is 0 Å². The Kier molecular flexibility index (Phi) is 6.44. The van der Waals surface area contributed by atoms with E-state index in [4.69, 9.17) is 21.1 Å². The first-order valence-corrected chi connectivity index (χ1v) is 6.51. The van der Waals surface area contributed by atoms with E-state index in [2.05, 4.69) is 0 Å². The lowest BCUT2D eigenvalue weighted by Gasteiger charge is -2.12. The van der Waals surface area contributed by atoms with Gasteiger partial charge in [0, 0.05) is 10.6 Å². The van der Waals surface area contributed by atoms with Crippen LogP contribution in [0.1, 0.15) is 32.3 Å². The molecule has 0 aliphatic rings. The second kappa shape index (κ2) is 7.88. The topological polar surface area (TPSA) is 38.7 Å². The molecule has 0 aliphatic carbocycles. The Labute approximate surface area is 113 Å². The third kappa shape index (κ3) is 4.49. The van der Waals surface area contributed by atoms with Crippen LogP contribution in [-0.4, -0.2) is 18.3 Å². The number of benzene rings is 1. The number of rotatable bonds is 7. The Morgan fingerprint density at radius 1 is 1.06 bits per heavy atom. The molecule has 0 aromatic heterocycles. The predicted molar refractivity (Wildman–Crippen MR) is 73.5 cm³/mol. The molecule has 0 unspecified atom stereocenters. The number of aliphatic hydroxyl groups is 1. The summed E-state index contributed by atoms with van der Waals surface area (Å²) in [5.41, 5.74) is 0.751. The number of hydrogen-bond donors (Lipinski definition) is 1. The highest BCUT2D eigenvalue weighted by Gasteiger charge is 2.11. The molecular formula is C14H19ClO3. The zero-order valence-electron chi connectivity index (χ0n) is 10.8. The average molecular weight is 271 g/mol. The van der Waals surface area contributed by atoms with Crippen LogP contribution in [0.15, 0.2) is 30.2 Å². The highest BCUT2D eigenvalue weighted by atomic mass is 35.5. The summed E-state index contributed by atoms with van der Waals surface area (Å²) in [6, 6.07) is 7.08. The molecule has 1 aromatic carbocycles. The van der Waals surface area contributed by atoms with Gasteiger partial charge in [0.1, 0.15) is 0 Å². The van der Waals surface area contributed by atoms with Gasteiger partial charge in [-0.25, -0.2) is 0 Å². The van der Waals surface area contributed by atoms with Crippen LogP contribution in [0.5, 0.6) is 0 Å². The summed E-state index contributed by atoms with van der Waals surface area (Å²) in [7, 11) is 0. The molecule has 100 valence electrons. The quantitative estimate of drug-likeness (QED) is 0.748. The van der Waals surface area contributed by atoms with Gasteiger partial charge in [-0.3, -0.25) is 0 Å². The maximum absolute atomic E-state index is 9.89. The molecule has 0 radical (unpaired) electrons. The SMILES string of the molecule is CCCOC(O)=C(OCCC)c1ccc(Cl)cc1. The van der Waals surface area contributed by atoms with E-state index in [1.54, 1.807) is 24.3 Å². The van der Waals surface area contributed by atoms with Crippen molar-refractivity contribution in [2.45, 2.75) is 26.7 Å². The summed E-state index contributed by atoms with van der Waals surface area (Å²) in [6.45, 7) is 4.96. The first kappa shape index (κ1) is 14.7. The van der Waals surface area contributed by atoms with Crippen molar-refractivity contribution in [3.05, 3.63) is 40.8 Å². The fourth-order valence-electron chi connectivity index (χ4n) is 1.34. The van der Waals surface area contributed by atoms with Crippen LogP contribution >= 0.6 is 11.6 Å². The molecule has 0 heterocycles. The van der Waals surface area contributed by atoms with Crippen LogP contribution in [-0.2, 0) is 9.47 Å². The molecule has 0 amide bonds. The van der Waals surface area contributed by atoms with Crippen LogP contribution in [0, 0.1) is 0 Å². The molecule has 4 heteroatoms. The zero-order valence-corrected chi connectivity index (χ0v) is 11.5. The highest BCUT2D eigenvalue weighted by Crippen LogP contribution is 2.22. The molecule has 0 spiro atoms. The van der Waals surface area contributed by atoms with Gasteiger partial charge in [0.05, 0.1) is 13.2 Å². The number of ether oxygens (including phenoxy) is 2. The van der Waals surface area contributed by atoms with E-state index in [0.717, 1.165) is 18.4 Å². The standard InChI is InChI=1S/C14H19ClO3/c1-3-9-17-13(14(16)18-10-4-2)11-5-7-12(15)8-6-11/h5-8,16H,3-4,9-10H2,1-2H3. The van der Waals surface area contributed by atoms with E-state index in [0.29, 0.717) is 24.0 Å². The smallest absolute Gasteiger partial charge is 0.321 e. The minimum absolute atomic E-state index is 0.173. The molecule has 0 aliphatic heterocycles. The summed E-state index contributed by atoms with van der Waals surface area (Å²) in [5.74, 6) is 0.189. The van der Waals surface area contributed by atoms with Crippen molar-refractivity contribution in [3.8, 4) is 0 Å². The van der Waals surface area contributed by atoms with E-state index in [9.17, 15) is 5.11 Å². The fourth-order valence-corrected chi connectivity index (χ4v) is 1.46. The maximum Gasteiger partial charge on any atom is 0.321 e. The Balaban J connectivity index is 2.92. The van der Waals surface area contributed by atoms with Crippen LogP contribution in [0.2, 0.25) is 5.02 Å². The van der Waals surface area contributed by atoms with E-state index in [1.807, 2.05) is 13.8 Å². The molecule has 0 atom stereocenters. The Hall–Kier alpha value is -1.35. The first-order chi connectivity index (χ1) is 8.69. The van der Waals surface area contributed by atoms with Crippen molar-refractivity contribution in [2.24, 2.45) is 0 Å². The number of aliphatic hydroxyl groups excluding tert-OH is 1. The van der Waals surface area contributed by atoms with Crippen LogP contribution in [0.25, 0.3) is 5.76 Å². The van der Waals surface area contributed by atoms with E-state index in [-0.39, 0.29) is 5.95 Å². The predicted octanol–water partition coefficient (Wildman–Crippen LogP) is 4.38. The molecule has 0 saturated heterocycles. The van der Waals surface area contributed by atoms with Gasteiger partial charge in [-0.1, -0.05) is 25.4 Å².